The highest BCUT2D eigenvalue weighted by Gasteiger charge is 2.39. The fourth-order valence-electron chi connectivity index (χ4n) is 3.39. The van der Waals surface area contributed by atoms with E-state index in [9.17, 15) is 19.5 Å². The van der Waals surface area contributed by atoms with E-state index in [1.807, 2.05) is 27.7 Å². The van der Waals surface area contributed by atoms with Crippen LogP contribution < -0.4 is 5.32 Å². The molecular formula is C19H34N2O6. The highest BCUT2D eigenvalue weighted by atomic mass is 16.6. The first-order valence-corrected chi connectivity index (χ1v) is 9.51. The number of carboxylic acids is 1. The molecule has 0 spiro atoms. The first-order valence-electron chi connectivity index (χ1n) is 9.51. The quantitative estimate of drug-likeness (QED) is 0.619. The van der Waals surface area contributed by atoms with E-state index in [4.69, 9.17) is 9.47 Å². The molecule has 2 amide bonds. The van der Waals surface area contributed by atoms with E-state index in [1.54, 1.807) is 12.0 Å². The predicted molar refractivity (Wildman–Crippen MR) is 100 cm³/mol. The van der Waals surface area contributed by atoms with Gasteiger partial charge in [-0.3, -0.25) is 9.59 Å². The summed E-state index contributed by atoms with van der Waals surface area (Å²) in [5.74, 6) is -2.19. The van der Waals surface area contributed by atoms with Crippen molar-refractivity contribution in [3.05, 3.63) is 0 Å². The van der Waals surface area contributed by atoms with Crippen molar-refractivity contribution in [2.24, 2.45) is 17.8 Å². The van der Waals surface area contributed by atoms with Gasteiger partial charge in [0.05, 0.1) is 5.92 Å². The number of hydrogen-bond donors (Lipinski definition) is 2. The zero-order valence-corrected chi connectivity index (χ0v) is 17.1. The monoisotopic (exact) mass is 386 g/mol. The van der Waals surface area contributed by atoms with Crippen LogP contribution in [0.15, 0.2) is 0 Å². The van der Waals surface area contributed by atoms with Gasteiger partial charge in [0.2, 0.25) is 5.91 Å². The number of carboxylic acid groups (broad SMARTS) is 1. The lowest BCUT2D eigenvalue weighted by atomic mass is 9.76. The maximum absolute atomic E-state index is 12.2. The molecule has 0 bridgehead atoms. The molecule has 0 aromatic heterocycles. The van der Waals surface area contributed by atoms with Gasteiger partial charge in [-0.25, -0.2) is 4.79 Å². The number of piperidine rings is 1. The fourth-order valence-corrected chi connectivity index (χ4v) is 3.39. The Morgan fingerprint density at radius 1 is 1.30 bits per heavy atom. The Labute approximate surface area is 161 Å². The molecule has 0 saturated carbocycles. The van der Waals surface area contributed by atoms with Crippen LogP contribution in [0.3, 0.4) is 0 Å². The summed E-state index contributed by atoms with van der Waals surface area (Å²) < 4.78 is 10.3. The lowest BCUT2D eigenvalue weighted by Crippen LogP contribution is -2.48. The zero-order chi connectivity index (χ0) is 20.6. The van der Waals surface area contributed by atoms with Crippen LogP contribution >= 0.6 is 0 Å². The first kappa shape index (κ1) is 23.2. The largest absolute Gasteiger partial charge is 0.481 e. The Balaban J connectivity index is 2.61. The van der Waals surface area contributed by atoms with Gasteiger partial charge in [-0.05, 0) is 45.4 Å². The van der Waals surface area contributed by atoms with Crippen LogP contribution in [0.5, 0.6) is 0 Å². The summed E-state index contributed by atoms with van der Waals surface area (Å²) in [5, 5.41) is 12.4. The van der Waals surface area contributed by atoms with Gasteiger partial charge in [0.1, 0.15) is 5.60 Å². The molecule has 1 aliphatic rings. The minimum Gasteiger partial charge on any atom is -0.481 e. The third-order valence-electron chi connectivity index (χ3n) is 4.71. The van der Waals surface area contributed by atoms with Crippen LogP contribution in [0.1, 0.15) is 47.0 Å². The van der Waals surface area contributed by atoms with Gasteiger partial charge < -0.3 is 24.8 Å². The molecule has 3 atom stereocenters. The van der Waals surface area contributed by atoms with Crippen molar-refractivity contribution in [3.63, 3.8) is 0 Å². The minimum atomic E-state index is -0.968. The van der Waals surface area contributed by atoms with Gasteiger partial charge in [0.25, 0.3) is 0 Å². The van der Waals surface area contributed by atoms with Gasteiger partial charge in [0, 0.05) is 39.8 Å². The number of aliphatic carboxylic acids is 1. The van der Waals surface area contributed by atoms with Gasteiger partial charge in [-0.1, -0.05) is 6.92 Å². The molecular weight excluding hydrogens is 352 g/mol. The summed E-state index contributed by atoms with van der Waals surface area (Å²) in [5.41, 5.74) is -0.568. The van der Waals surface area contributed by atoms with Crippen LogP contribution in [0.2, 0.25) is 0 Å². The summed E-state index contributed by atoms with van der Waals surface area (Å²) in [6, 6.07) is 0. The molecule has 0 aromatic rings. The number of carbonyl (C=O) groups excluding carboxylic acids is 2. The number of nitrogens with one attached hydrogen (secondary N) is 1. The van der Waals surface area contributed by atoms with Crippen molar-refractivity contribution in [1.29, 1.82) is 0 Å². The van der Waals surface area contributed by atoms with Crippen LogP contribution in [0.4, 0.5) is 4.79 Å². The van der Waals surface area contributed by atoms with E-state index >= 15 is 0 Å². The molecule has 1 heterocycles. The third kappa shape index (κ3) is 8.15. The first-order chi connectivity index (χ1) is 12.5. The fraction of sp³-hybridized carbons (Fsp3) is 0.842. The van der Waals surface area contributed by atoms with Gasteiger partial charge in [0.15, 0.2) is 0 Å². The highest BCUT2D eigenvalue weighted by Crippen LogP contribution is 2.32. The molecule has 1 fully saturated rings. The minimum absolute atomic E-state index is 0.0336. The number of hydrogen-bond acceptors (Lipinski definition) is 5. The molecule has 0 aliphatic carbocycles. The van der Waals surface area contributed by atoms with Crippen LogP contribution in [-0.2, 0) is 19.1 Å². The molecule has 1 rings (SSSR count). The van der Waals surface area contributed by atoms with Crippen molar-refractivity contribution in [2.75, 3.05) is 33.4 Å². The van der Waals surface area contributed by atoms with Crippen LogP contribution in [-0.4, -0.2) is 66.9 Å². The van der Waals surface area contributed by atoms with Crippen molar-refractivity contribution >= 4 is 18.0 Å². The molecule has 0 radical (unpaired) electrons. The summed E-state index contributed by atoms with van der Waals surface area (Å²) >= 11 is 0. The van der Waals surface area contributed by atoms with E-state index < -0.39 is 17.5 Å². The number of carbonyl (C=O) groups is 3. The maximum Gasteiger partial charge on any atom is 0.410 e. The van der Waals surface area contributed by atoms with Crippen LogP contribution in [0, 0.1) is 17.8 Å². The number of rotatable bonds is 8. The molecule has 8 nitrogen and oxygen atoms in total. The maximum atomic E-state index is 12.2. The van der Waals surface area contributed by atoms with Crippen molar-refractivity contribution in [2.45, 2.75) is 52.6 Å². The highest BCUT2D eigenvalue weighted by molar-refractivity contribution is 5.82. The average Bonchev–Trinajstić information content (AvgIpc) is 2.55. The summed E-state index contributed by atoms with van der Waals surface area (Å²) in [7, 11) is 1.59. The van der Waals surface area contributed by atoms with E-state index in [1.165, 1.54) is 0 Å². The Kier molecular flexibility index (Phi) is 9.02. The molecule has 2 N–H and O–H groups in total. The molecule has 8 heteroatoms. The Bertz CT molecular complexity index is 517. The van der Waals surface area contributed by atoms with Crippen molar-refractivity contribution < 1.29 is 29.0 Å². The lowest BCUT2D eigenvalue weighted by Gasteiger charge is -2.39. The second-order valence-electron chi connectivity index (χ2n) is 8.20. The van der Waals surface area contributed by atoms with E-state index in [2.05, 4.69) is 5.32 Å². The topological polar surface area (TPSA) is 105 Å². The summed E-state index contributed by atoms with van der Waals surface area (Å²) in [6.07, 6.45) is 0.790. The third-order valence-corrected chi connectivity index (χ3v) is 4.71. The van der Waals surface area contributed by atoms with Gasteiger partial charge in [-0.2, -0.15) is 0 Å². The zero-order valence-electron chi connectivity index (χ0n) is 17.1. The second kappa shape index (κ2) is 10.5. The standard InChI is InChI=1S/C19H34N2O6/c1-13-12-21(18(25)27-19(2,3)4)9-7-14(13)15(17(23)24)11-16(22)20-8-6-10-26-5/h13-15H,6-12H2,1-5H3,(H,20,22)(H,23,24). The van der Waals surface area contributed by atoms with Crippen molar-refractivity contribution in [1.82, 2.24) is 10.2 Å². The predicted octanol–water partition coefficient (Wildman–Crippen LogP) is 2.12. The number of methoxy groups -OCH3 is 1. The Hall–Kier alpha value is -1.83. The van der Waals surface area contributed by atoms with E-state index in [0.717, 1.165) is 0 Å². The van der Waals surface area contributed by atoms with Gasteiger partial charge >= 0.3 is 12.1 Å². The number of amides is 2. The summed E-state index contributed by atoms with van der Waals surface area (Å²) in [4.78, 5) is 37.7. The molecule has 3 unspecified atom stereocenters. The van der Waals surface area contributed by atoms with E-state index in [0.29, 0.717) is 39.1 Å². The molecule has 27 heavy (non-hydrogen) atoms. The average molecular weight is 386 g/mol. The Morgan fingerprint density at radius 3 is 2.48 bits per heavy atom. The molecule has 156 valence electrons. The normalized spacial score (nSPS) is 21.4. The molecule has 1 saturated heterocycles. The van der Waals surface area contributed by atoms with Gasteiger partial charge in [-0.15, -0.1) is 0 Å². The Morgan fingerprint density at radius 2 is 1.96 bits per heavy atom. The molecule has 0 aromatic carbocycles. The number of likely N-dealkylation sites (tertiary alicyclic amines) is 1. The second-order valence-corrected chi connectivity index (χ2v) is 8.20. The summed E-state index contributed by atoms with van der Waals surface area (Å²) in [6.45, 7) is 9.23. The number of nitrogens with zero attached hydrogens (tertiary/aromatic N) is 1. The molecule has 1 aliphatic heterocycles. The van der Waals surface area contributed by atoms with Crippen molar-refractivity contribution in [3.8, 4) is 0 Å². The smallest absolute Gasteiger partial charge is 0.410 e. The SMILES string of the molecule is COCCCNC(=O)CC(C(=O)O)C1CCN(C(=O)OC(C)(C)C)CC1C. The van der Waals surface area contributed by atoms with E-state index in [-0.39, 0.29) is 30.3 Å². The number of ether oxygens (including phenoxy) is 2. The lowest BCUT2D eigenvalue weighted by molar-refractivity contribution is -0.147. The van der Waals surface area contributed by atoms with Crippen LogP contribution in [0.25, 0.3) is 0 Å².